The predicted octanol–water partition coefficient (Wildman–Crippen LogP) is 2.65. The molecule has 0 saturated heterocycles. The zero-order valence-electron chi connectivity index (χ0n) is 11.8. The van der Waals surface area contributed by atoms with Gasteiger partial charge in [-0.15, -0.1) is 0 Å². The molecule has 6 nitrogen and oxygen atoms in total. The van der Waals surface area contributed by atoms with Crippen molar-refractivity contribution in [3.63, 3.8) is 0 Å². The van der Waals surface area contributed by atoms with E-state index in [0.717, 1.165) is 12.8 Å². The average Bonchev–Trinajstić information content (AvgIpc) is 2.49. The smallest absolute Gasteiger partial charge is 0.269 e. The number of benzene rings is 1. The van der Waals surface area contributed by atoms with E-state index in [4.69, 9.17) is 10.00 Å². The molecule has 0 aliphatic heterocycles. The number of nitro groups is 1. The van der Waals surface area contributed by atoms with Gasteiger partial charge in [-0.25, -0.2) is 0 Å². The van der Waals surface area contributed by atoms with Crippen molar-refractivity contribution in [1.29, 1.82) is 5.26 Å². The number of nitrogens with zero attached hydrogens (tertiary/aromatic N) is 2. The highest BCUT2D eigenvalue weighted by atomic mass is 16.6. The summed E-state index contributed by atoms with van der Waals surface area (Å²) in [4.78, 5) is 10.1. The Hall–Kier alpha value is -2.13. The second-order valence-electron chi connectivity index (χ2n) is 4.50. The molecule has 1 atom stereocenters. The van der Waals surface area contributed by atoms with Crippen LogP contribution in [0.15, 0.2) is 24.3 Å². The second-order valence-corrected chi connectivity index (χ2v) is 4.50. The Kier molecular flexibility index (Phi) is 5.94. The summed E-state index contributed by atoms with van der Waals surface area (Å²) < 4.78 is 5.51. The lowest BCUT2D eigenvalue weighted by Crippen LogP contribution is -2.41. The third-order valence-electron chi connectivity index (χ3n) is 3.36. The van der Waals surface area contributed by atoms with Crippen LogP contribution in [0.1, 0.15) is 26.2 Å². The predicted molar refractivity (Wildman–Crippen MR) is 75.5 cm³/mol. The lowest BCUT2D eigenvalue weighted by Gasteiger charge is -2.24. The van der Waals surface area contributed by atoms with Crippen molar-refractivity contribution in [2.24, 2.45) is 0 Å². The highest BCUT2D eigenvalue weighted by molar-refractivity contribution is 5.35. The maximum absolute atomic E-state index is 10.5. The Labute approximate surface area is 118 Å². The molecule has 0 fully saturated rings. The first kappa shape index (κ1) is 15.9. The molecular formula is C14H19N3O3. The summed E-state index contributed by atoms with van der Waals surface area (Å²) in [6, 6.07) is 8.27. The maximum atomic E-state index is 10.5. The van der Waals surface area contributed by atoms with Gasteiger partial charge in [-0.1, -0.05) is 6.92 Å². The van der Waals surface area contributed by atoms with Crippen molar-refractivity contribution in [3.05, 3.63) is 34.4 Å². The number of ether oxygens (including phenoxy) is 1. The zero-order chi connectivity index (χ0) is 15.0. The van der Waals surface area contributed by atoms with Gasteiger partial charge in [0.15, 0.2) is 0 Å². The Morgan fingerprint density at radius 3 is 2.55 bits per heavy atom. The van der Waals surface area contributed by atoms with Crippen LogP contribution in [0.4, 0.5) is 5.69 Å². The van der Waals surface area contributed by atoms with Gasteiger partial charge in [0, 0.05) is 12.1 Å². The Morgan fingerprint density at radius 1 is 1.45 bits per heavy atom. The van der Waals surface area contributed by atoms with Crippen molar-refractivity contribution in [2.45, 2.75) is 31.7 Å². The quantitative estimate of drug-likeness (QED) is 0.448. The van der Waals surface area contributed by atoms with Gasteiger partial charge in [0.25, 0.3) is 5.69 Å². The third-order valence-corrected chi connectivity index (χ3v) is 3.36. The minimum atomic E-state index is -0.501. The molecule has 0 aromatic heterocycles. The summed E-state index contributed by atoms with van der Waals surface area (Å²) in [6.07, 6.45) is 2.17. The van der Waals surface area contributed by atoms with Crippen LogP contribution in [0, 0.1) is 21.4 Å². The summed E-state index contributed by atoms with van der Waals surface area (Å²) in [5.41, 5.74) is -0.458. The van der Waals surface area contributed by atoms with Gasteiger partial charge in [-0.05, 0) is 38.4 Å². The van der Waals surface area contributed by atoms with E-state index in [0.29, 0.717) is 18.8 Å². The molecule has 108 valence electrons. The molecule has 0 bridgehead atoms. The molecule has 0 radical (unpaired) electrons. The molecular weight excluding hydrogens is 258 g/mol. The molecule has 0 heterocycles. The number of hydrogen-bond donors (Lipinski definition) is 1. The van der Waals surface area contributed by atoms with Crippen molar-refractivity contribution in [3.8, 4) is 11.8 Å². The summed E-state index contributed by atoms with van der Waals surface area (Å²) in [5, 5.41) is 22.7. The number of hydrogen-bond acceptors (Lipinski definition) is 5. The van der Waals surface area contributed by atoms with Crippen LogP contribution in [0.25, 0.3) is 0 Å². The molecule has 0 spiro atoms. The SMILES string of the molecule is CCC(C#N)(CCCOc1ccc([N+](=O)[O-])cc1)NC. The van der Waals surface area contributed by atoms with E-state index in [2.05, 4.69) is 11.4 Å². The molecule has 20 heavy (non-hydrogen) atoms. The van der Waals surface area contributed by atoms with Crippen LogP contribution in [0.3, 0.4) is 0 Å². The van der Waals surface area contributed by atoms with E-state index < -0.39 is 10.5 Å². The van der Waals surface area contributed by atoms with Crippen LogP contribution in [-0.4, -0.2) is 24.1 Å². The molecule has 1 rings (SSSR count). The van der Waals surface area contributed by atoms with Gasteiger partial charge in [0.1, 0.15) is 11.3 Å². The number of nitro benzene ring substituents is 1. The van der Waals surface area contributed by atoms with Crippen molar-refractivity contribution < 1.29 is 9.66 Å². The molecule has 1 unspecified atom stereocenters. The molecule has 0 aliphatic carbocycles. The van der Waals surface area contributed by atoms with Crippen LogP contribution < -0.4 is 10.1 Å². The van der Waals surface area contributed by atoms with Crippen molar-refractivity contribution in [2.75, 3.05) is 13.7 Å². The summed E-state index contributed by atoms with van der Waals surface area (Å²) >= 11 is 0. The first-order valence-corrected chi connectivity index (χ1v) is 6.54. The van der Waals surface area contributed by atoms with E-state index in [1.54, 1.807) is 19.2 Å². The Morgan fingerprint density at radius 2 is 2.10 bits per heavy atom. The molecule has 6 heteroatoms. The maximum Gasteiger partial charge on any atom is 0.269 e. The van der Waals surface area contributed by atoms with Gasteiger partial charge < -0.3 is 10.1 Å². The number of non-ortho nitro benzene ring substituents is 1. The summed E-state index contributed by atoms with van der Waals surface area (Å²) in [7, 11) is 1.78. The molecule has 0 aliphatic rings. The highest BCUT2D eigenvalue weighted by Crippen LogP contribution is 2.19. The number of rotatable bonds is 8. The summed E-state index contributed by atoms with van der Waals surface area (Å²) in [5.74, 6) is 0.596. The van der Waals surface area contributed by atoms with E-state index in [9.17, 15) is 10.1 Å². The molecule has 0 saturated carbocycles. The van der Waals surface area contributed by atoms with Crippen LogP contribution in [-0.2, 0) is 0 Å². The number of nitrogens with one attached hydrogen (secondary N) is 1. The Bertz CT molecular complexity index is 475. The van der Waals surface area contributed by atoms with E-state index in [1.165, 1.54) is 12.1 Å². The first-order valence-electron chi connectivity index (χ1n) is 6.54. The lowest BCUT2D eigenvalue weighted by atomic mass is 9.92. The standard InChI is InChI=1S/C14H19N3O3/c1-3-14(11-15,16-2)9-4-10-20-13-7-5-12(6-8-13)17(18)19/h5-8,16H,3-4,9-10H2,1-2H3. The molecule has 0 amide bonds. The Balaban J connectivity index is 2.41. The van der Waals surface area contributed by atoms with Crippen molar-refractivity contribution >= 4 is 5.69 Å². The van der Waals surface area contributed by atoms with E-state index in [-0.39, 0.29) is 5.69 Å². The van der Waals surface area contributed by atoms with E-state index >= 15 is 0 Å². The topological polar surface area (TPSA) is 88.2 Å². The minimum absolute atomic E-state index is 0.0435. The van der Waals surface area contributed by atoms with E-state index in [1.807, 2.05) is 6.92 Å². The second kappa shape index (κ2) is 7.46. The summed E-state index contributed by atoms with van der Waals surface area (Å²) in [6.45, 7) is 2.44. The van der Waals surface area contributed by atoms with Crippen molar-refractivity contribution in [1.82, 2.24) is 5.32 Å². The van der Waals surface area contributed by atoms with Gasteiger partial charge in [0.05, 0.1) is 17.6 Å². The monoisotopic (exact) mass is 277 g/mol. The van der Waals surface area contributed by atoms with Crippen LogP contribution in [0.2, 0.25) is 0 Å². The normalized spacial score (nSPS) is 13.2. The fraction of sp³-hybridized carbons (Fsp3) is 0.500. The van der Waals surface area contributed by atoms with Gasteiger partial charge in [-0.3, -0.25) is 10.1 Å². The molecule has 1 aromatic rings. The zero-order valence-corrected chi connectivity index (χ0v) is 11.8. The molecule has 1 N–H and O–H groups in total. The largest absolute Gasteiger partial charge is 0.494 e. The first-order chi connectivity index (χ1) is 9.56. The average molecular weight is 277 g/mol. The molecule has 1 aromatic carbocycles. The third kappa shape index (κ3) is 4.21. The van der Waals surface area contributed by atoms with Gasteiger partial charge in [0.2, 0.25) is 0 Å². The van der Waals surface area contributed by atoms with Gasteiger partial charge >= 0.3 is 0 Å². The lowest BCUT2D eigenvalue weighted by molar-refractivity contribution is -0.384. The fourth-order valence-corrected chi connectivity index (χ4v) is 1.90. The fourth-order valence-electron chi connectivity index (χ4n) is 1.90. The number of nitriles is 1. The van der Waals surface area contributed by atoms with Gasteiger partial charge in [-0.2, -0.15) is 5.26 Å². The van der Waals surface area contributed by atoms with Crippen LogP contribution in [0.5, 0.6) is 5.75 Å². The van der Waals surface area contributed by atoms with Crippen LogP contribution >= 0.6 is 0 Å². The minimum Gasteiger partial charge on any atom is -0.494 e. The highest BCUT2D eigenvalue weighted by Gasteiger charge is 2.24.